The second kappa shape index (κ2) is 3.86. The van der Waals surface area contributed by atoms with Gasteiger partial charge >= 0.3 is 6.18 Å². The molecule has 0 amide bonds. The van der Waals surface area contributed by atoms with Crippen LogP contribution in [0.4, 0.5) is 23.5 Å². The third-order valence-electron chi connectivity index (χ3n) is 2.27. The number of hydrogen-bond donors (Lipinski definition) is 2. The predicted molar refractivity (Wildman–Crippen MR) is 55.0 cm³/mol. The number of benzene rings is 1. The van der Waals surface area contributed by atoms with Gasteiger partial charge in [-0.3, -0.25) is 0 Å². The van der Waals surface area contributed by atoms with Crippen LogP contribution < -0.4 is 11.6 Å². The van der Waals surface area contributed by atoms with Crippen molar-refractivity contribution in [3.63, 3.8) is 0 Å². The van der Waals surface area contributed by atoms with E-state index in [0.29, 0.717) is 10.7 Å². The SMILES string of the molecule is Nc1nnc(-c2cccc(C(F)(F)F)c2F)n1N. The van der Waals surface area contributed by atoms with E-state index in [4.69, 9.17) is 11.6 Å². The van der Waals surface area contributed by atoms with Crippen molar-refractivity contribution in [1.29, 1.82) is 0 Å². The Morgan fingerprint density at radius 3 is 2.33 bits per heavy atom. The van der Waals surface area contributed by atoms with Gasteiger partial charge < -0.3 is 11.6 Å². The highest BCUT2D eigenvalue weighted by molar-refractivity contribution is 5.59. The van der Waals surface area contributed by atoms with Gasteiger partial charge in [0, 0.05) is 0 Å². The molecule has 0 unspecified atom stereocenters. The summed E-state index contributed by atoms with van der Waals surface area (Å²) in [7, 11) is 0. The van der Waals surface area contributed by atoms with E-state index in [1.165, 1.54) is 0 Å². The van der Waals surface area contributed by atoms with E-state index < -0.39 is 23.1 Å². The third kappa shape index (κ3) is 1.83. The molecule has 96 valence electrons. The van der Waals surface area contributed by atoms with E-state index in [-0.39, 0.29) is 11.8 Å². The zero-order valence-electron chi connectivity index (χ0n) is 8.74. The van der Waals surface area contributed by atoms with Crippen LogP contribution in [-0.4, -0.2) is 14.9 Å². The zero-order chi connectivity index (χ0) is 13.5. The smallest absolute Gasteiger partial charge is 0.366 e. The zero-order valence-corrected chi connectivity index (χ0v) is 8.74. The lowest BCUT2D eigenvalue weighted by atomic mass is 10.1. The van der Waals surface area contributed by atoms with Crippen molar-refractivity contribution in [2.24, 2.45) is 0 Å². The highest BCUT2D eigenvalue weighted by atomic mass is 19.4. The normalized spacial score (nSPS) is 11.8. The largest absolute Gasteiger partial charge is 0.419 e. The molecule has 2 rings (SSSR count). The van der Waals surface area contributed by atoms with Gasteiger partial charge in [0.2, 0.25) is 5.95 Å². The van der Waals surface area contributed by atoms with Crippen LogP contribution in [-0.2, 0) is 6.18 Å². The topological polar surface area (TPSA) is 82.8 Å². The molecule has 0 saturated heterocycles. The molecule has 0 radical (unpaired) electrons. The molecule has 1 aromatic carbocycles. The lowest BCUT2D eigenvalue weighted by Crippen LogP contribution is -2.15. The highest BCUT2D eigenvalue weighted by Gasteiger charge is 2.35. The number of nitrogens with zero attached hydrogens (tertiary/aromatic N) is 3. The van der Waals surface area contributed by atoms with Gasteiger partial charge in [-0.15, -0.1) is 10.2 Å². The number of hydrogen-bond acceptors (Lipinski definition) is 4. The number of nitrogen functional groups attached to an aromatic ring is 2. The number of alkyl halides is 3. The maximum absolute atomic E-state index is 13.7. The van der Waals surface area contributed by atoms with Crippen LogP contribution in [0.1, 0.15) is 5.56 Å². The minimum atomic E-state index is -4.80. The molecule has 0 bridgehead atoms. The van der Waals surface area contributed by atoms with Crippen molar-refractivity contribution < 1.29 is 17.6 Å². The Morgan fingerprint density at radius 2 is 1.83 bits per heavy atom. The first-order valence-electron chi connectivity index (χ1n) is 4.64. The molecule has 1 aromatic heterocycles. The molecule has 0 atom stereocenters. The van der Waals surface area contributed by atoms with Crippen LogP contribution >= 0.6 is 0 Å². The molecular formula is C9H7F4N5. The maximum Gasteiger partial charge on any atom is 0.419 e. The summed E-state index contributed by atoms with van der Waals surface area (Å²) in [6, 6.07) is 2.78. The highest BCUT2D eigenvalue weighted by Crippen LogP contribution is 2.34. The Morgan fingerprint density at radius 1 is 1.17 bits per heavy atom. The summed E-state index contributed by atoms with van der Waals surface area (Å²) in [4.78, 5) is 0. The Bertz CT molecular complexity index is 589. The first kappa shape index (κ1) is 12.1. The van der Waals surface area contributed by atoms with Crippen LogP contribution in [0.3, 0.4) is 0 Å². The van der Waals surface area contributed by atoms with Crippen LogP contribution in [0, 0.1) is 5.82 Å². The summed E-state index contributed by atoms with van der Waals surface area (Å²) in [5.74, 6) is 3.40. The minimum absolute atomic E-state index is 0.234. The molecule has 9 heteroatoms. The van der Waals surface area contributed by atoms with E-state index in [2.05, 4.69) is 10.2 Å². The predicted octanol–water partition coefficient (Wildman–Crippen LogP) is 1.40. The van der Waals surface area contributed by atoms with Gasteiger partial charge in [0.15, 0.2) is 5.82 Å². The summed E-state index contributed by atoms with van der Waals surface area (Å²) < 4.78 is 52.0. The second-order valence-electron chi connectivity index (χ2n) is 3.42. The molecule has 2 aromatic rings. The van der Waals surface area contributed by atoms with Crippen molar-refractivity contribution in [2.75, 3.05) is 11.6 Å². The van der Waals surface area contributed by atoms with E-state index in [1.54, 1.807) is 0 Å². The molecule has 0 saturated carbocycles. The van der Waals surface area contributed by atoms with Crippen molar-refractivity contribution in [3.05, 3.63) is 29.6 Å². The molecular weight excluding hydrogens is 254 g/mol. The van der Waals surface area contributed by atoms with Crippen molar-refractivity contribution in [1.82, 2.24) is 14.9 Å². The molecule has 0 spiro atoms. The summed E-state index contributed by atoms with van der Waals surface area (Å²) >= 11 is 0. The molecule has 4 N–H and O–H groups in total. The molecule has 0 aliphatic rings. The maximum atomic E-state index is 13.7. The summed E-state index contributed by atoms with van der Waals surface area (Å²) in [5.41, 5.74) is 3.45. The standard InChI is InChI=1S/C9H7F4N5/c10-6-4(7-16-17-8(14)18(7)15)2-1-3-5(6)9(11,12)13/h1-3H,15H2,(H2,14,17). The van der Waals surface area contributed by atoms with Gasteiger partial charge in [-0.1, -0.05) is 6.07 Å². The van der Waals surface area contributed by atoms with E-state index >= 15 is 0 Å². The number of anilines is 1. The number of rotatable bonds is 1. The monoisotopic (exact) mass is 261 g/mol. The summed E-state index contributed by atoms with van der Waals surface area (Å²) in [6.45, 7) is 0. The average molecular weight is 261 g/mol. The van der Waals surface area contributed by atoms with Gasteiger partial charge in [-0.25, -0.2) is 9.07 Å². The fourth-order valence-electron chi connectivity index (χ4n) is 1.41. The molecule has 0 aliphatic heterocycles. The van der Waals surface area contributed by atoms with Crippen molar-refractivity contribution in [2.45, 2.75) is 6.18 Å². The average Bonchev–Trinajstić information content (AvgIpc) is 2.59. The van der Waals surface area contributed by atoms with Crippen LogP contribution in [0.5, 0.6) is 0 Å². The lowest BCUT2D eigenvalue weighted by molar-refractivity contribution is -0.139. The van der Waals surface area contributed by atoms with E-state index in [9.17, 15) is 17.6 Å². The van der Waals surface area contributed by atoms with E-state index in [1.807, 2.05) is 0 Å². The molecule has 18 heavy (non-hydrogen) atoms. The Kier molecular flexibility index (Phi) is 2.60. The van der Waals surface area contributed by atoms with Gasteiger partial charge in [0.1, 0.15) is 5.82 Å². The first-order valence-corrected chi connectivity index (χ1v) is 4.64. The van der Waals surface area contributed by atoms with Gasteiger partial charge in [0.25, 0.3) is 0 Å². The third-order valence-corrected chi connectivity index (χ3v) is 2.27. The Labute approximate surface area is 98.0 Å². The fraction of sp³-hybridized carbons (Fsp3) is 0.111. The summed E-state index contributed by atoms with van der Waals surface area (Å²) in [5, 5.41) is 6.77. The quantitative estimate of drug-likeness (QED) is 0.600. The lowest BCUT2D eigenvalue weighted by Gasteiger charge is -2.10. The minimum Gasteiger partial charge on any atom is -0.366 e. The second-order valence-corrected chi connectivity index (χ2v) is 3.42. The van der Waals surface area contributed by atoms with Gasteiger partial charge in [0.05, 0.1) is 11.1 Å². The molecule has 5 nitrogen and oxygen atoms in total. The molecule has 1 heterocycles. The molecule has 0 fully saturated rings. The van der Waals surface area contributed by atoms with Crippen molar-refractivity contribution in [3.8, 4) is 11.4 Å². The Hall–Kier alpha value is -2.32. The molecule has 0 aliphatic carbocycles. The van der Waals surface area contributed by atoms with E-state index in [0.717, 1.165) is 12.1 Å². The van der Waals surface area contributed by atoms with Gasteiger partial charge in [-0.05, 0) is 12.1 Å². The fourth-order valence-corrected chi connectivity index (χ4v) is 1.41. The van der Waals surface area contributed by atoms with Gasteiger partial charge in [-0.2, -0.15) is 13.2 Å². The van der Waals surface area contributed by atoms with Crippen LogP contribution in [0.15, 0.2) is 18.2 Å². The van der Waals surface area contributed by atoms with Crippen molar-refractivity contribution >= 4 is 5.95 Å². The number of aromatic nitrogens is 3. The number of halogens is 4. The Balaban J connectivity index is 2.64. The first-order chi connectivity index (χ1) is 8.32. The van der Waals surface area contributed by atoms with Crippen LogP contribution in [0.25, 0.3) is 11.4 Å². The summed E-state index contributed by atoms with van der Waals surface area (Å²) in [6.07, 6.45) is -4.80. The number of nitrogens with two attached hydrogens (primary N) is 2. The van der Waals surface area contributed by atoms with Crippen LogP contribution in [0.2, 0.25) is 0 Å².